The van der Waals surface area contributed by atoms with Gasteiger partial charge in [0.25, 0.3) is 0 Å². The van der Waals surface area contributed by atoms with Crippen LogP contribution < -0.4 is 11.1 Å². The van der Waals surface area contributed by atoms with Gasteiger partial charge in [-0.2, -0.15) is 11.3 Å². The van der Waals surface area contributed by atoms with Crippen molar-refractivity contribution in [2.45, 2.75) is 19.9 Å². The summed E-state index contributed by atoms with van der Waals surface area (Å²) in [4.78, 5) is 0. The van der Waals surface area contributed by atoms with Crippen LogP contribution in [0.4, 0.5) is 0 Å². The van der Waals surface area contributed by atoms with Crippen molar-refractivity contribution >= 4 is 11.3 Å². The second kappa shape index (κ2) is 6.13. The Labute approximate surface area is 84.2 Å². The van der Waals surface area contributed by atoms with Gasteiger partial charge in [0.2, 0.25) is 0 Å². The molecule has 13 heavy (non-hydrogen) atoms. The molecule has 0 saturated heterocycles. The van der Waals surface area contributed by atoms with Gasteiger partial charge >= 0.3 is 0 Å². The van der Waals surface area contributed by atoms with Crippen LogP contribution in [0.2, 0.25) is 0 Å². The Hall–Kier alpha value is -0.380. The largest absolute Gasteiger partial charge is 0.330 e. The van der Waals surface area contributed by atoms with Gasteiger partial charge in [0, 0.05) is 6.54 Å². The van der Waals surface area contributed by atoms with E-state index >= 15 is 0 Å². The topological polar surface area (TPSA) is 38.0 Å². The third-order valence-electron chi connectivity index (χ3n) is 2.06. The SMILES string of the molecule is CC(CCN)CNCc1ccsc1. The van der Waals surface area contributed by atoms with Crippen molar-refractivity contribution in [3.05, 3.63) is 22.4 Å². The zero-order chi connectivity index (χ0) is 9.52. The minimum absolute atomic E-state index is 0.684. The van der Waals surface area contributed by atoms with E-state index in [-0.39, 0.29) is 0 Å². The molecule has 0 radical (unpaired) electrons. The summed E-state index contributed by atoms with van der Waals surface area (Å²) in [6.07, 6.45) is 1.11. The zero-order valence-electron chi connectivity index (χ0n) is 8.12. The molecule has 0 aliphatic rings. The van der Waals surface area contributed by atoms with Crippen LogP contribution in [0, 0.1) is 5.92 Å². The van der Waals surface area contributed by atoms with Gasteiger partial charge in [-0.05, 0) is 47.8 Å². The number of nitrogens with one attached hydrogen (secondary N) is 1. The maximum atomic E-state index is 5.47. The maximum absolute atomic E-state index is 5.47. The van der Waals surface area contributed by atoms with Gasteiger partial charge in [0.1, 0.15) is 0 Å². The second-order valence-corrected chi connectivity index (χ2v) is 4.23. The number of nitrogens with two attached hydrogens (primary N) is 1. The molecule has 1 rings (SSSR count). The molecule has 0 amide bonds. The Morgan fingerprint density at radius 1 is 1.62 bits per heavy atom. The average molecular weight is 198 g/mol. The van der Waals surface area contributed by atoms with Crippen molar-refractivity contribution in [3.8, 4) is 0 Å². The van der Waals surface area contributed by atoms with E-state index in [9.17, 15) is 0 Å². The molecular weight excluding hydrogens is 180 g/mol. The van der Waals surface area contributed by atoms with Crippen molar-refractivity contribution in [1.82, 2.24) is 5.32 Å². The number of thiophene rings is 1. The van der Waals surface area contributed by atoms with Crippen molar-refractivity contribution in [2.24, 2.45) is 11.7 Å². The lowest BCUT2D eigenvalue weighted by molar-refractivity contribution is 0.487. The van der Waals surface area contributed by atoms with Crippen LogP contribution in [0.15, 0.2) is 16.8 Å². The molecule has 1 unspecified atom stereocenters. The molecule has 1 heterocycles. The van der Waals surface area contributed by atoms with Crippen molar-refractivity contribution in [3.63, 3.8) is 0 Å². The van der Waals surface area contributed by atoms with Crippen LogP contribution >= 0.6 is 11.3 Å². The lowest BCUT2D eigenvalue weighted by Gasteiger charge is -2.10. The molecule has 2 nitrogen and oxygen atoms in total. The lowest BCUT2D eigenvalue weighted by Crippen LogP contribution is -2.22. The average Bonchev–Trinajstić information content (AvgIpc) is 2.57. The summed E-state index contributed by atoms with van der Waals surface area (Å²) in [6, 6.07) is 2.16. The first-order valence-corrected chi connectivity index (χ1v) is 5.69. The van der Waals surface area contributed by atoms with E-state index in [4.69, 9.17) is 5.73 Å². The standard InChI is InChI=1S/C10H18N2S/c1-9(2-4-11)6-12-7-10-3-5-13-8-10/h3,5,8-9,12H,2,4,6-7,11H2,1H3. The molecule has 3 heteroatoms. The lowest BCUT2D eigenvalue weighted by atomic mass is 10.1. The second-order valence-electron chi connectivity index (χ2n) is 3.45. The molecule has 0 aliphatic carbocycles. The third-order valence-corrected chi connectivity index (χ3v) is 2.79. The highest BCUT2D eigenvalue weighted by Crippen LogP contribution is 2.05. The van der Waals surface area contributed by atoms with E-state index in [0.717, 1.165) is 26.1 Å². The molecule has 0 aromatic carbocycles. The minimum atomic E-state index is 0.684. The molecule has 74 valence electrons. The molecule has 0 saturated carbocycles. The minimum Gasteiger partial charge on any atom is -0.330 e. The normalized spacial score (nSPS) is 13.1. The van der Waals surface area contributed by atoms with Crippen molar-refractivity contribution < 1.29 is 0 Å². The Bertz CT molecular complexity index is 209. The quantitative estimate of drug-likeness (QED) is 0.732. The van der Waals surface area contributed by atoms with Crippen LogP contribution in [0.5, 0.6) is 0 Å². The van der Waals surface area contributed by atoms with E-state index in [0.29, 0.717) is 5.92 Å². The highest BCUT2D eigenvalue weighted by Gasteiger charge is 1.99. The number of hydrogen-bond donors (Lipinski definition) is 2. The van der Waals surface area contributed by atoms with E-state index in [1.54, 1.807) is 11.3 Å². The van der Waals surface area contributed by atoms with E-state index in [2.05, 4.69) is 29.1 Å². The van der Waals surface area contributed by atoms with Gasteiger partial charge < -0.3 is 11.1 Å². The molecule has 1 aromatic heterocycles. The van der Waals surface area contributed by atoms with Gasteiger partial charge in [-0.15, -0.1) is 0 Å². The first kappa shape index (κ1) is 10.7. The Balaban J connectivity index is 2.07. The van der Waals surface area contributed by atoms with Gasteiger partial charge in [0.15, 0.2) is 0 Å². The summed E-state index contributed by atoms with van der Waals surface area (Å²) in [5.74, 6) is 0.684. The van der Waals surface area contributed by atoms with E-state index < -0.39 is 0 Å². The van der Waals surface area contributed by atoms with Crippen LogP contribution in [-0.2, 0) is 6.54 Å². The van der Waals surface area contributed by atoms with Gasteiger partial charge in [-0.3, -0.25) is 0 Å². The smallest absolute Gasteiger partial charge is 0.0213 e. The summed E-state index contributed by atoms with van der Waals surface area (Å²) >= 11 is 1.75. The summed E-state index contributed by atoms with van der Waals surface area (Å²) < 4.78 is 0. The fourth-order valence-electron chi connectivity index (χ4n) is 1.24. The fraction of sp³-hybridized carbons (Fsp3) is 0.600. The zero-order valence-corrected chi connectivity index (χ0v) is 8.94. The fourth-order valence-corrected chi connectivity index (χ4v) is 1.91. The Kier molecular flexibility index (Phi) is 5.05. The Morgan fingerprint density at radius 3 is 3.08 bits per heavy atom. The van der Waals surface area contributed by atoms with Crippen LogP contribution in [0.3, 0.4) is 0 Å². The number of rotatable bonds is 6. The molecule has 0 bridgehead atoms. The molecule has 1 aromatic rings. The molecule has 0 aliphatic heterocycles. The molecule has 0 spiro atoms. The van der Waals surface area contributed by atoms with Gasteiger partial charge in [-0.1, -0.05) is 6.92 Å². The van der Waals surface area contributed by atoms with Crippen molar-refractivity contribution in [2.75, 3.05) is 13.1 Å². The highest BCUT2D eigenvalue weighted by molar-refractivity contribution is 7.07. The summed E-state index contributed by atoms with van der Waals surface area (Å²) in [7, 11) is 0. The third kappa shape index (κ3) is 4.41. The first-order chi connectivity index (χ1) is 6.33. The van der Waals surface area contributed by atoms with Crippen LogP contribution in [0.25, 0.3) is 0 Å². The maximum Gasteiger partial charge on any atom is 0.0213 e. The van der Waals surface area contributed by atoms with Crippen LogP contribution in [0.1, 0.15) is 18.9 Å². The van der Waals surface area contributed by atoms with Gasteiger partial charge in [-0.25, -0.2) is 0 Å². The van der Waals surface area contributed by atoms with Crippen LogP contribution in [-0.4, -0.2) is 13.1 Å². The van der Waals surface area contributed by atoms with Gasteiger partial charge in [0.05, 0.1) is 0 Å². The van der Waals surface area contributed by atoms with Crippen molar-refractivity contribution in [1.29, 1.82) is 0 Å². The highest BCUT2D eigenvalue weighted by atomic mass is 32.1. The first-order valence-electron chi connectivity index (χ1n) is 4.74. The molecule has 0 fully saturated rings. The summed E-state index contributed by atoms with van der Waals surface area (Å²) in [5.41, 5.74) is 6.85. The Morgan fingerprint density at radius 2 is 2.46 bits per heavy atom. The van der Waals surface area contributed by atoms with E-state index in [1.165, 1.54) is 5.56 Å². The molecule has 1 atom stereocenters. The monoisotopic (exact) mass is 198 g/mol. The molecular formula is C10H18N2S. The van der Waals surface area contributed by atoms with E-state index in [1.807, 2.05) is 0 Å². The molecule has 3 N–H and O–H groups in total. The summed E-state index contributed by atoms with van der Waals surface area (Å²) in [5, 5.41) is 7.72. The predicted molar refractivity (Wildman–Crippen MR) is 58.9 cm³/mol. The summed E-state index contributed by atoms with van der Waals surface area (Å²) in [6.45, 7) is 5.07. The predicted octanol–water partition coefficient (Wildman–Crippen LogP) is 1.82. The number of hydrogen-bond acceptors (Lipinski definition) is 3.